The number of alkyl halides is 1. The van der Waals surface area contributed by atoms with E-state index < -0.39 is 6.17 Å². The SMILES string of the molecule is CO[C@H]1CN(CCOC(C)C)CC1CC(C)(C)OCCN1CC[C@@H](F)C1. The van der Waals surface area contributed by atoms with Crippen molar-refractivity contribution in [2.24, 2.45) is 5.92 Å². The van der Waals surface area contributed by atoms with E-state index in [1.54, 1.807) is 7.11 Å². The van der Waals surface area contributed by atoms with E-state index in [9.17, 15) is 4.39 Å². The molecule has 0 aromatic rings. The highest BCUT2D eigenvalue weighted by atomic mass is 19.1. The molecule has 0 saturated carbocycles. The number of nitrogens with zero attached hydrogens (tertiary/aromatic N) is 2. The van der Waals surface area contributed by atoms with Crippen molar-refractivity contribution in [3.8, 4) is 0 Å². The summed E-state index contributed by atoms with van der Waals surface area (Å²) in [4.78, 5) is 4.59. The van der Waals surface area contributed by atoms with Crippen LogP contribution < -0.4 is 0 Å². The first-order valence-electron chi connectivity index (χ1n) is 10.2. The minimum Gasteiger partial charge on any atom is -0.380 e. The number of rotatable bonds is 11. The topological polar surface area (TPSA) is 34.2 Å². The summed E-state index contributed by atoms with van der Waals surface area (Å²) in [7, 11) is 1.81. The third-order valence-corrected chi connectivity index (χ3v) is 5.49. The second-order valence-electron chi connectivity index (χ2n) is 8.71. The first-order valence-corrected chi connectivity index (χ1v) is 10.2. The fourth-order valence-electron chi connectivity index (χ4n) is 4.12. The minimum atomic E-state index is -0.658. The van der Waals surface area contributed by atoms with Crippen LogP contribution in [0.2, 0.25) is 0 Å². The molecule has 2 heterocycles. The second-order valence-corrected chi connectivity index (χ2v) is 8.71. The first-order chi connectivity index (χ1) is 12.3. The van der Waals surface area contributed by atoms with Crippen LogP contribution in [0.3, 0.4) is 0 Å². The van der Waals surface area contributed by atoms with Crippen molar-refractivity contribution < 1.29 is 18.6 Å². The molecule has 26 heavy (non-hydrogen) atoms. The normalized spacial score (nSPS) is 28.5. The molecule has 2 aliphatic rings. The summed E-state index contributed by atoms with van der Waals surface area (Å²) in [6.07, 6.45) is 1.51. The molecule has 1 unspecified atom stereocenters. The van der Waals surface area contributed by atoms with Crippen molar-refractivity contribution in [1.29, 1.82) is 0 Å². The Morgan fingerprint density at radius 3 is 2.42 bits per heavy atom. The first kappa shape index (κ1) is 22.0. The van der Waals surface area contributed by atoms with E-state index >= 15 is 0 Å². The maximum Gasteiger partial charge on any atom is 0.114 e. The number of hydrogen-bond donors (Lipinski definition) is 0. The van der Waals surface area contributed by atoms with Crippen molar-refractivity contribution in [2.75, 3.05) is 59.6 Å². The highest BCUT2D eigenvalue weighted by Crippen LogP contribution is 2.29. The van der Waals surface area contributed by atoms with E-state index in [1.807, 2.05) is 0 Å². The average molecular weight is 375 g/mol. The quantitative estimate of drug-likeness (QED) is 0.555. The second kappa shape index (κ2) is 10.3. The van der Waals surface area contributed by atoms with Crippen LogP contribution in [0.15, 0.2) is 0 Å². The highest BCUT2D eigenvalue weighted by molar-refractivity contribution is 4.89. The minimum absolute atomic E-state index is 0.194. The Labute approximate surface area is 159 Å². The molecule has 0 aromatic carbocycles. The zero-order valence-corrected chi connectivity index (χ0v) is 17.4. The Bertz CT molecular complexity index is 409. The molecule has 2 aliphatic heterocycles. The van der Waals surface area contributed by atoms with E-state index in [0.29, 0.717) is 25.5 Å². The van der Waals surface area contributed by atoms with Gasteiger partial charge in [-0.3, -0.25) is 9.80 Å². The molecule has 6 heteroatoms. The molecule has 0 amide bonds. The number of hydrogen-bond acceptors (Lipinski definition) is 5. The molecule has 0 radical (unpaired) electrons. The predicted octanol–water partition coefficient (Wildman–Crippen LogP) is 2.59. The van der Waals surface area contributed by atoms with Gasteiger partial charge in [-0.1, -0.05) is 0 Å². The van der Waals surface area contributed by atoms with E-state index in [2.05, 4.69) is 37.5 Å². The van der Waals surface area contributed by atoms with Crippen LogP contribution in [0.1, 0.15) is 40.5 Å². The van der Waals surface area contributed by atoms with Crippen LogP contribution in [0.25, 0.3) is 0 Å². The molecule has 0 bridgehead atoms. The molecule has 0 aromatic heterocycles. The molecular weight excluding hydrogens is 335 g/mol. The summed E-state index contributed by atoms with van der Waals surface area (Å²) in [5.74, 6) is 0.469. The molecular formula is C20H39FN2O3. The van der Waals surface area contributed by atoms with Crippen LogP contribution in [-0.2, 0) is 14.2 Å². The molecule has 3 atom stereocenters. The van der Waals surface area contributed by atoms with Gasteiger partial charge in [0, 0.05) is 52.3 Å². The lowest BCUT2D eigenvalue weighted by atomic mass is 9.91. The lowest BCUT2D eigenvalue weighted by Gasteiger charge is -2.31. The maximum absolute atomic E-state index is 13.2. The lowest BCUT2D eigenvalue weighted by molar-refractivity contribution is -0.0515. The van der Waals surface area contributed by atoms with Crippen LogP contribution in [0.5, 0.6) is 0 Å². The van der Waals surface area contributed by atoms with Crippen molar-refractivity contribution >= 4 is 0 Å². The van der Waals surface area contributed by atoms with Crippen molar-refractivity contribution in [3.63, 3.8) is 0 Å². The van der Waals surface area contributed by atoms with E-state index in [0.717, 1.165) is 45.8 Å². The monoisotopic (exact) mass is 374 g/mol. The summed E-state index contributed by atoms with van der Waals surface area (Å²) in [6, 6.07) is 0. The summed E-state index contributed by atoms with van der Waals surface area (Å²) in [5, 5.41) is 0. The van der Waals surface area contributed by atoms with Crippen LogP contribution >= 0.6 is 0 Å². The Morgan fingerprint density at radius 2 is 1.81 bits per heavy atom. The zero-order chi connectivity index (χ0) is 19.2. The molecule has 0 N–H and O–H groups in total. The van der Waals surface area contributed by atoms with Gasteiger partial charge in [-0.15, -0.1) is 0 Å². The van der Waals surface area contributed by atoms with Crippen molar-refractivity contribution in [3.05, 3.63) is 0 Å². The van der Waals surface area contributed by atoms with Gasteiger partial charge in [-0.2, -0.15) is 0 Å². The molecule has 154 valence electrons. The Hall–Kier alpha value is -0.270. The third kappa shape index (κ3) is 7.39. The summed E-state index contributed by atoms with van der Waals surface area (Å²) in [5.41, 5.74) is -0.194. The van der Waals surface area contributed by atoms with Gasteiger partial charge in [0.25, 0.3) is 0 Å². The van der Waals surface area contributed by atoms with Gasteiger partial charge in [0.2, 0.25) is 0 Å². The Balaban J connectivity index is 1.71. The molecule has 2 saturated heterocycles. The van der Waals surface area contributed by atoms with Gasteiger partial charge < -0.3 is 14.2 Å². The number of halogens is 1. The van der Waals surface area contributed by atoms with Crippen LogP contribution in [0, 0.1) is 5.92 Å². The number of likely N-dealkylation sites (tertiary alicyclic amines) is 2. The summed E-state index contributed by atoms with van der Waals surface area (Å²) in [6.45, 7) is 15.1. The fourth-order valence-corrected chi connectivity index (χ4v) is 4.12. The van der Waals surface area contributed by atoms with Gasteiger partial charge in [0.1, 0.15) is 6.17 Å². The van der Waals surface area contributed by atoms with Gasteiger partial charge in [0.05, 0.1) is 31.0 Å². The number of methoxy groups -OCH3 is 1. The summed E-state index contributed by atoms with van der Waals surface area (Å²) < 4.78 is 30.8. The van der Waals surface area contributed by atoms with Gasteiger partial charge in [-0.25, -0.2) is 4.39 Å². The maximum atomic E-state index is 13.2. The van der Waals surface area contributed by atoms with Crippen LogP contribution in [-0.4, -0.2) is 93.4 Å². The van der Waals surface area contributed by atoms with Crippen molar-refractivity contribution in [1.82, 2.24) is 9.80 Å². The molecule has 0 aliphatic carbocycles. The predicted molar refractivity (Wildman–Crippen MR) is 102 cm³/mol. The highest BCUT2D eigenvalue weighted by Gasteiger charge is 2.37. The largest absolute Gasteiger partial charge is 0.380 e. The van der Waals surface area contributed by atoms with E-state index in [-0.39, 0.29) is 17.8 Å². The smallest absolute Gasteiger partial charge is 0.114 e. The van der Waals surface area contributed by atoms with Crippen LogP contribution in [0.4, 0.5) is 4.39 Å². The standard InChI is InChI=1S/C20H39FN2O3/c1-16(2)25-10-8-23-13-17(19(15-23)24-5)12-20(3,4)26-11-9-22-7-6-18(21)14-22/h16-19H,6-15H2,1-5H3/t17?,18-,19+/m1/s1. The molecule has 5 nitrogen and oxygen atoms in total. The molecule has 2 rings (SSSR count). The van der Waals surface area contributed by atoms with E-state index in [4.69, 9.17) is 14.2 Å². The average Bonchev–Trinajstić information content (AvgIpc) is 3.12. The van der Waals surface area contributed by atoms with Crippen molar-refractivity contribution in [2.45, 2.75) is 64.5 Å². The molecule has 2 fully saturated rings. The van der Waals surface area contributed by atoms with Gasteiger partial charge in [0.15, 0.2) is 0 Å². The number of ether oxygens (including phenoxy) is 3. The fraction of sp³-hybridized carbons (Fsp3) is 1.00. The molecule has 0 spiro atoms. The van der Waals surface area contributed by atoms with E-state index in [1.165, 1.54) is 0 Å². The zero-order valence-electron chi connectivity index (χ0n) is 17.4. The van der Waals surface area contributed by atoms with Gasteiger partial charge in [-0.05, 0) is 40.5 Å². The Morgan fingerprint density at radius 1 is 1.08 bits per heavy atom. The third-order valence-electron chi connectivity index (χ3n) is 5.49. The van der Waals surface area contributed by atoms with Gasteiger partial charge >= 0.3 is 0 Å². The lowest BCUT2D eigenvalue weighted by Crippen LogP contribution is -2.35. The summed E-state index contributed by atoms with van der Waals surface area (Å²) >= 11 is 0. The Kier molecular flexibility index (Phi) is 8.74.